The van der Waals surface area contributed by atoms with Gasteiger partial charge in [-0.25, -0.2) is 9.37 Å². The number of hydrogen-bond acceptors (Lipinski definition) is 2. The first-order valence-electron chi connectivity index (χ1n) is 8.46. The highest BCUT2D eigenvalue weighted by Crippen LogP contribution is 2.27. The van der Waals surface area contributed by atoms with Crippen molar-refractivity contribution in [1.29, 1.82) is 0 Å². The number of imidazole rings is 1. The summed E-state index contributed by atoms with van der Waals surface area (Å²) in [5.74, 6) is -0.262. The third-order valence-electron chi connectivity index (χ3n) is 4.21. The summed E-state index contributed by atoms with van der Waals surface area (Å²) in [5.41, 5.74) is 2.52. The molecule has 0 saturated carbocycles. The van der Waals surface area contributed by atoms with E-state index in [2.05, 4.69) is 30.6 Å². The molecule has 0 aliphatic carbocycles. The van der Waals surface area contributed by atoms with Crippen molar-refractivity contribution in [2.45, 2.75) is 12.9 Å². The van der Waals surface area contributed by atoms with E-state index in [-0.39, 0.29) is 5.75 Å². The Labute approximate surface area is 170 Å². The Kier molecular flexibility index (Phi) is 4.99. The fraction of sp³-hybridized carbons (Fsp3) is 0.100. The summed E-state index contributed by atoms with van der Waals surface area (Å²) in [6.07, 6.45) is -1.11. The third kappa shape index (κ3) is 4.40. The molecular formula is C20H13BrF4N3O+. The number of nitrogens with one attached hydrogen (secondary N) is 1. The van der Waals surface area contributed by atoms with E-state index in [0.717, 1.165) is 5.56 Å². The molecular weight excluding hydrogens is 454 g/mol. The Morgan fingerprint density at radius 3 is 2.55 bits per heavy atom. The van der Waals surface area contributed by atoms with Crippen LogP contribution in [0, 0.1) is 5.82 Å². The first-order valence-corrected chi connectivity index (χ1v) is 9.26. The van der Waals surface area contributed by atoms with Gasteiger partial charge >= 0.3 is 6.36 Å². The van der Waals surface area contributed by atoms with Gasteiger partial charge < -0.3 is 9.72 Å². The molecule has 2 heterocycles. The van der Waals surface area contributed by atoms with Gasteiger partial charge in [-0.05, 0) is 52.3 Å². The molecule has 4 aromatic rings. The van der Waals surface area contributed by atoms with Gasteiger partial charge in [-0.2, -0.15) is 4.57 Å². The second-order valence-electron chi connectivity index (χ2n) is 6.29. The van der Waals surface area contributed by atoms with Gasteiger partial charge in [0.25, 0.3) is 0 Å². The Hall–Kier alpha value is -2.94. The second-order valence-corrected chi connectivity index (χ2v) is 7.15. The van der Waals surface area contributed by atoms with E-state index >= 15 is 0 Å². The Balaban J connectivity index is 1.57. The molecule has 0 atom stereocenters. The molecule has 0 aliphatic heterocycles. The van der Waals surface area contributed by atoms with Crippen LogP contribution in [-0.4, -0.2) is 16.3 Å². The Morgan fingerprint density at radius 2 is 1.83 bits per heavy atom. The maximum absolute atomic E-state index is 14.3. The molecule has 1 N–H and O–H groups in total. The van der Waals surface area contributed by atoms with E-state index in [0.29, 0.717) is 33.4 Å². The summed E-state index contributed by atoms with van der Waals surface area (Å²) in [7, 11) is 0. The van der Waals surface area contributed by atoms with Gasteiger partial charge in [0.05, 0.1) is 10.0 Å². The van der Waals surface area contributed by atoms with Gasteiger partial charge in [-0.3, -0.25) is 0 Å². The molecule has 0 amide bonds. The quantitative estimate of drug-likeness (QED) is 0.324. The van der Waals surface area contributed by atoms with Crippen LogP contribution in [0.15, 0.2) is 65.4 Å². The zero-order chi connectivity index (χ0) is 20.6. The van der Waals surface area contributed by atoms with Crippen molar-refractivity contribution >= 4 is 27.0 Å². The minimum absolute atomic E-state index is 0.268. The summed E-state index contributed by atoms with van der Waals surface area (Å²) in [5, 5.41) is 0. The molecule has 0 aliphatic rings. The Morgan fingerprint density at radius 1 is 1.07 bits per heavy atom. The number of aromatic amines is 1. The van der Waals surface area contributed by atoms with Crippen LogP contribution in [-0.2, 0) is 6.54 Å². The smallest absolute Gasteiger partial charge is 0.406 e. The normalized spacial score (nSPS) is 11.8. The maximum Gasteiger partial charge on any atom is 0.573 e. The molecule has 0 spiro atoms. The molecule has 2 aromatic heterocycles. The molecule has 148 valence electrons. The van der Waals surface area contributed by atoms with E-state index in [1.165, 1.54) is 12.1 Å². The minimum Gasteiger partial charge on any atom is -0.406 e. The fourth-order valence-corrected chi connectivity index (χ4v) is 3.29. The van der Waals surface area contributed by atoms with Gasteiger partial charge in [-0.15, -0.1) is 13.2 Å². The van der Waals surface area contributed by atoms with Gasteiger partial charge in [0, 0.05) is 11.6 Å². The largest absolute Gasteiger partial charge is 0.573 e. The first kappa shape index (κ1) is 19.4. The van der Waals surface area contributed by atoms with Crippen molar-refractivity contribution in [3.05, 3.63) is 76.8 Å². The number of aromatic nitrogens is 3. The minimum atomic E-state index is -4.71. The SMILES string of the molecule is Fc1c(Br)cccc1-c1nc2cc[n+](Cc3ccc(OC(F)(F)F)cc3)cc2[nH]1. The molecule has 9 heteroatoms. The molecule has 4 nitrogen and oxygen atoms in total. The van der Waals surface area contributed by atoms with Gasteiger partial charge in [0.2, 0.25) is 0 Å². The molecule has 0 bridgehead atoms. The van der Waals surface area contributed by atoms with Crippen LogP contribution < -0.4 is 9.30 Å². The monoisotopic (exact) mass is 466 g/mol. The van der Waals surface area contributed by atoms with Crippen LogP contribution >= 0.6 is 15.9 Å². The van der Waals surface area contributed by atoms with E-state index in [1.807, 2.05) is 10.8 Å². The summed E-state index contributed by atoms with van der Waals surface area (Å²) >= 11 is 3.16. The standard InChI is InChI=1S/C20H12BrF4N3O/c21-15-3-1-2-14(18(15)22)19-26-16-8-9-28(11-17(16)27-19)10-12-4-6-13(7-5-12)29-20(23,24)25/h1-9,11H,10H2/p+1. The first-order chi connectivity index (χ1) is 13.8. The average molecular weight is 467 g/mol. The zero-order valence-electron chi connectivity index (χ0n) is 14.7. The number of benzene rings is 2. The number of rotatable bonds is 4. The maximum atomic E-state index is 14.3. The molecule has 0 radical (unpaired) electrons. The van der Waals surface area contributed by atoms with Crippen LogP contribution in [0.3, 0.4) is 0 Å². The predicted octanol–water partition coefficient (Wildman–Crippen LogP) is 5.37. The zero-order valence-corrected chi connectivity index (χ0v) is 16.3. The Bertz CT molecular complexity index is 1170. The van der Waals surface area contributed by atoms with E-state index in [1.54, 1.807) is 42.6 Å². The van der Waals surface area contributed by atoms with Crippen molar-refractivity contribution in [3.8, 4) is 17.1 Å². The van der Waals surface area contributed by atoms with Crippen LogP contribution in [0.2, 0.25) is 0 Å². The van der Waals surface area contributed by atoms with E-state index in [4.69, 9.17) is 0 Å². The van der Waals surface area contributed by atoms with Crippen molar-refractivity contribution < 1.29 is 26.9 Å². The van der Waals surface area contributed by atoms with Crippen molar-refractivity contribution in [2.24, 2.45) is 0 Å². The summed E-state index contributed by atoms with van der Waals surface area (Å²) < 4.78 is 57.1. The van der Waals surface area contributed by atoms with Gasteiger partial charge in [0.15, 0.2) is 18.9 Å². The topological polar surface area (TPSA) is 41.8 Å². The molecule has 4 rings (SSSR count). The number of nitrogens with zero attached hydrogens (tertiary/aromatic N) is 2. The summed E-state index contributed by atoms with van der Waals surface area (Å²) in [6, 6.07) is 12.4. The highest BCUT2D eigenvalue weighted by Gasteiger charge is 2.31. The lowest BCUT2D eigenvalue weighted by molar-refractivity contribution is -0.687. The predicted molar refractivity (Wildman–Crippen MR) is 102 cm³/mol. The lowest BCUT2D eigenvalue weighted by Gasteiger charge is -2.08. The lowest BCUT2D eigenvalue weighted by atomic mass is 10.2. The number of ether oxygens (including phenoxy) is 1. The number of halogens is 5. The highest BCUT2D eigenvalue weighted by molar-refractivity contribution is 9.10. The second kappa shape index (κ2) is 7.47. The molecule has 0 unspecified atom stereocenters. The van der Waals surface area contributed by atoms with E-state index < -0.39 is 12.2 Å². The number of hydrogen-bond donors (Lipinski definition) is 1. The van der Waals surface area contributed by atoms with Crippen LogP contribution in [0.25, 0.3) is 22.4 Å². The molecule has 29 heavy (non-hydrogen) atoms. The fourth-order valence-electron chi connectivity index (χ4n) is 2.92. The highest BCUT2D eigenvalue weighted by atomic mass is 79.9. The van der Waals surface area contributed by atoms with Crippen LogP contribution in [0.5, 0.6) is 5.75 Å². The number of fused-ring (bicyclic) bond motifs is 1. The molecule has 0 saturated heterocycles. The summed E-state index contributed by atoms with van der Waals surface area (Å²) in [4.78, 5) is 7.53. The molecule has 2 aromatic carbocycles. The average Bonchev–Trinajstić information content (AvgIpc) is 3.07. The van der Waals surface area contributed by atoms with Crippen molar-refractivity contribution in [1.82, 2.24) is 9.97 Å². The van der Waals surface area contributed by atoms with E-state index in [9.17, 15) is 17.6 Å². The molecule has 0 fully saturated rings. The summed E-state index contributed by atoms with van der Waals surface area (Å²) in [6.45, 7) is 0.432. The van der Waals surface area contributed by atoms with Crippen LogP contribution in [0.4, 0.5) is 17.6 Å². The van der Waals surface area contributed by atoms with Crippen LogP contribution in [0.1, 0.15) is 5.56 Å². The van der Waals surface area contributed by atoms with Gasteiger partial charge in [0.1, 0.15) is 28.4 Å². The lowest BCUT2D eigenvalue weighted by Crippen LogP contribution is -2.33. The third-order valence-corrected chi connectivity index (χ3v) is 4.82. The van der Waals surface area contributed by atoms with Gasteiger partial charge in [-0.1, -0.05) is 6.07 Å². The number of pyridine rings is 1. The van der Waals surface area contributed by atoms with Crippen molar-refractivity contribution in [3.63, 3.8) is 0 Å². The number of H-pyrrole nitrogens is 1. The van der Waals surface area contributed by atoms with Crippen molar-refractivity contribution in [2.75, 3.05) is 0 Å². The number of alkyl halides is 3.